The Labute approximate surface area is 128 Å². The SMILES string of the molecule is CCC(NC(=O)c1coc(CN)c1)c1nc(C(F)(F)F)cs1. The smallest absolute Gasteiger partial charge is 0.434 e. The van der Waals surface area contributed by atoms with Crippen molar-refractivity contribution >= 4 is 17.2 Å². The van der Waals surface area contributed by atoms with E-state index in [1.54, 1.807) is 6.92 Å². The van der Waals surface area contributed by atoms with Crippen LogP contribution in [0.1, 0.15) is 46.2 Å². The van der Waals surface area contributed by atoms with Gasteiger partial charge in [-0.25, -0.2) is 4.98 Å². The number of hydrogen-bond donors (Lipinski definition) is 2. The largest absolute Gasteiger partial charge is 0.467 e. The standard InChI is InChI=1S/C13H14F3N3O2S/c1-2-9(12-19-10(6-22-12)13(14,15)16)18-11(20)7-3-8(4-17)21-5-7/h3,5-6,9H,2,4,17H2,1H3,(H,18,20). The summed E-state index contributed by atoms with van der Waals surface area (Å²) in [4.78, 5) is 15.6. The average Bonchev–Trinajstić information content (AvgIpc) is 3.12. The van der Waals surface area contributed by atoms with E-state index < -0.39 is 23.8 Å². The van der Waals surface area contributed by atoms with Gasteiger partial charge in [-0.1, -0.05) is 6.92 Å². The summed E-state index contributed by atoms with van der Waals surface area (Å²) in [6, 6.07) is 0.898. The topological polar surface area (TPSA) is 81.2 Å². The zero-order valence-electron chi connectivity index (χ0n) is 11.6. The second-order valence-electron chi connectivity index (χ2n) is 4.51. The predicted octanol–water partition coefficient (Wildman–Crippen LogP) is 3.09. The highest BCUT2D eigenvalue weighted by Gasteiger charge is 2.34. The van der Waals surface area contributed by atoms with Crippen molar-refractivity contribution in [2.24, 2.45) is 5.73 Å². The molecule has 2 aromatic rings. The molecule has 0 aliphatic carbocycles. The molecule has 22 heavy (non-hydrogen) atoms. The van der Waals surface area contributed by atoms with E-state index in [9.17, 15) is 18.0 Å². The number of carbonyl (C=O) groups excluding carboxylic acids is 1. The Morgan fingerprint density at radius 2 is 2.27 bits per heavy atom. The van der Waals surface area contributed by atoms with Crippen molar-refractivity contribution in [3.63, 3.8) is 0 Å². The van der Waals surface area contributed by atoms with Crippen LogP contribution in [0.4, 0.5) is 13.2 Å². The quantitative estimate of drug-likeness (QED) is 0.881. The highest BCUT2D eigenvalue weighted by molar-refractivity contribution is 7.09. The maximum atomic E-state index is 12.6. The molecule has 9 heteroatoms. The number of carbonyl (C=O) groups is 1. The normalized spacial score (nSPS) is 13.1. The van der Waals surface area contributed by atoms with Gasteiger partial charge in [-0.05, 0) is 12.5 Å². The van der Waals surface area contributed by atoms with Crippen molar-refractivity contribution < 1.29 is 22.4 Å². The average molecular weight is 333 g/mol. The third kappa shape index (κ3) is 3.66. The number of halogens is 3. The molecule has 1 amide bonds. The summed E-state index contributed by atoms with van der Waals surface area (Å²) in [5, 5.41) is 3.79. The molecular formula is C13H14F3N3O2S. The van der Waals surface area contributed by atoms with Crippen LogP contribution in [0.15, 0.2) is 22.1 Å². The number of furan rings is 1. The van der Waals surface area contributed by atoms with Gasteiger partial charge in [0.05, 0.1) is 18.2 Å². The van der Waals surface area contributed by atoms with Crippen molar-refractivity contribution in [2.45, 2.75) is 32.1 Å². The van der Waals surface area contributed by atoms with Crippen LogP contribution in [0.2, 0.25) is 0 Å². The van der Waals surface area contributed by atoms with E-state index in [1.807, 2.05) is 0 Å². The van der Waals surface area contributed by atoms with E-state index in [0.29, 0.717) is 12.2 Å². The molecule has 2 aromatic heterocycles. The van der Waals surface area contributed by atoms with Gasteiger partial charge < -0.3 is 15.5 Å². The van der Waals surface area contributed by atoms with Gasteiger partial charge in [-0.3, -0.25) is 4.79 Å². The summed E-state index contributed by atoms with van der Waals surface area (Å²) < 4.78 is 42.8. The lowest BCUT2D eigenvalue weighted by molar-refractivity contribution is -0.140. The summed E-state index contributed by atoms with van der Waals surface area (Å²) in [5.74, 6) is 0.00543. The van der Waals surface area contributed by atoms with Crippen molar-refractivity contribution in [2.75, 3.05) is 0 Å². The number of nitrogens with zero attached hydrogens (tertiary/aromatic N) is 1. The van der Waals surface area contributed by atoms with Gasteiger partial charge in [0, 0.05) is 5.38 Å². The Hall–Kier alpha value is -1.87. The fourth-order valence-corrected chi connectivity index (χ4v) is 2.72. The van der Waals surface area contributed by atoms with Gasteiger partial charge in [0.2, 0.25) is 0 Å². The van der Waals surface area contributed by atoms with E-state index in [2.05, 4.69) is 10.3 Å². The van der Waals surface area contributed by atoms with Crippen LogP contribution in [0.25, 0.3) is 0 Å². The van der Waals surface area contributed by atoms with Crippen molar-refractivity contribution in [3.8, 4) is 0 Å². The summed E-state index contributed by atoms with van der Waals surface area (Å²) in [6.45, 7) is 1.91. The first-order chi connectivity index (χ1) is 10.3. The van der Waals surface area contributed by atoms with Crippen LogP contribution >= 0.6 is 11.3 Å². The molecule has 2 heterocycles. The van der Waals surface area contributed by atoms with Crippen LogP contribution in [0.5, 0.6) is 0 Å². The van der Waals surface area contributed by atoms with E-state index in [-0.39, 0.29) is 17.1 Å². The third-order valence-corrected chi connectivity index (χ3v) is 3.90. The Morgan fingerprint density at radius 1 is 1.55 bits per heavy atom. The molecule has 0 saturated heterocycles. The van der Waals surface area contributed by atoms with E-state index in [4.69, 9.17) is 10.2 Å². The minimum atomic E-state index is -4.49. The minimum Gasteiger partial charge on any atom is -0.467 e. The fourth-order valence-electron chi connectivity index (χ4n) is 1.76. The number of hydrogen-bond acceptors (Lipinski definition) is 5. The molecule has 0 spiro atoms. The van der Waals surface area contributed by atoms with Crippen LogP contribution in [-0.4, -0.2) is 10.9 Å². The van der Waals surface area contributed by atoms with Crippen molar-refractivity contribution in [1.29, 1.82) is 0 Å². The van der Waals surface area contributed by atoms with E-state index >= 15 is 0 Å². The Balaban J connectivity index is 2.11. The monoisotopic (exact) mass is 333 g/mol. The first-order valence-electron chi connectivity index (χ1n) is 6.46. The fraction of sp³-hybridized carbons (Fsp3) is 0.385. The molecule has 0 bridgehead atoms. The van der Waals surface area contributed by atoms with Crippen molar-refractivity contribution in [3.05, 3.63) is 39.7 Å². The Bertz CT molecular complexity index is 651. The number of nitrogens with two attached hydrogens (primary N) is 1. The van der Waals surface area contributed by atoms with Crippen LogP contribution in [-0.2, 0) is 12.7 Å². The lowest BCUT2D eigenvalue weighted by atomic mass is 10.2. The summed E-state index contributed by atoms with van der Waals surface area (Å²) >= 11 is 0.867. The second-order valence-corrected chi connectivity index (χ2v) is 5.40. The van der Waals surface area contributed by atoms with E-state index in [0.717, 1.165) is 16.7 Å². The highest BCUT2D eigenvalue weighted by Crippen LogP contribution is 2.32. The lowest BCUT2D eigenvalue weighted by Gasteiger charge is -2.13. The van der Waals surface area contributed by atoms with Gasteiger partial charge in [0.25, 0.3) is 5.91 Å². The molecule has 2 rings (SSSR count). The number of rotatable bonds is 5. The van der Waals surface area contributed by atoms with Crippen LogP contribution < -0.4 is 11.1 Å². The minimum absolute atomic E-state index is 0.159. The molecule has 1 unspecified atom stereocenters. The van der Waals surface area contributed by atoms with Gasteiger partial charge >= 0.3 is 6.18 Å². The second kappa shape index (κ2) is 6.49. The number of amides is 1. The lowest BCUT2D eigenvalue weighted by Crippen LogP contribution is -2.28. The summed E-state index contributed by atoms with van der Waals surface area (Å²) in [6.07, 6.45) is -2.82. The third-order valence-electron chi connectivity index (χ3n) is 2.94. The van der Waals surface area contributed by atoms with Gasteiger partial charge in [0.15, 0.2) is 5.69 Å². The van der Waals surface area contributed by atoms with Crippen LogP contribution in [0.3, 0.4) is 0 Å². The molecule has 0 saturated carbocycles. The molecule has 0 radical (unpaired) electrons. The number of thiazole rings is 1. The first kappa shape index (κ1) is 16.5. The summed E-state index contributed by atoms with van der Waals surface area (Å²) in [5.41, 5.74) is 4.70. The zero-order valence-corrected chi connectivity index (χ0v) is 12.4. The molecule has 3 N–H and O–H groups in total. The first-order valence-corrected chi connectivity index (χ1v) is 7.34. The molecule has 1 atom stereocenters. The maximum Gasteiger partial charge on any atom is 0.434 e. The number of nitrogens with one attached hydrogen (secondary N) is 1. The van der Waals surface area contributed by atoms with Gasteiger partial charge in [0.1, 0.15) is 17.0 Å². The van der Waals surface area contributed by atoms with Gasteiger partial charge in [-0.15, -0.1) is 11.3 Å². The molecule has 0 aliphatic rings. The molecule has 5 nitrogen and oxygen atoms in total. The molecule has 120 valence electrons. The van der Waals surface area contributed by atoms with Crippen LogP contribution in [0, 0.1) is 0 Å². The summed E-state index contributed by atoms with van der Waals surface area (Å²) in [7, 11) is 0. The number of aromatic nitrogens is 1. The maximum absolute atomic E-state index is 12.6. The van der Waals surface area contributed by atoms with Crippen molar-refractivity contribution in [1.82, 2.24) is 10.3 Å². The zero-order chi connectivity index (χ0) is 16.3. The Kier molecular flexibility index (Phi) is 4.87. The molecule has 0 aromatic carbocycles. The Morgan fingerprint density at radius 3 is 2.77 bits per heavy atom. The predicted molar refractivity (Wildman–Crippen MR) is 74.2 cm³/mol. The van der Waals surface area contributed by atoms with E-state index in [1.165, 1.54) is 12.3 Å². The highest BCUT2D eigenvalue weighted by atomic mass is 32.1. The van der Waals surface area contributed by atoms with Gasteiger partial charge in [-0.2, -0.15) is 13.2 Å². The molecule has 0 fully saturated rings. The number of alkyl halides is 3. The molecular weight excluding hydrogens is 319 g/mol. The molecule has 0 aliphatic heterocycles.